The maximum atomic E-state index is 12.3. The lowest BCUT2D eigenvalue weighted by Crippen LogP contribution is -2.24. The maximum Gasteiger partial charge on any atom is 0.311 e. The summed E-state index contributed by atoms with van der Waals surface area (Å²) in [5.41, 5.74) is 2.65. The number of hydrogen-bond acceptors (Lipinski definition) is 2. The van der Waals surface area contributed by atoms with E-state index in [1.807, 2.05) is 19.9 Å². The van der Waals surface area contributed by atoms with Crippen LogP contribution in [0.1, 0.15) is 37.5 Å². The lowest BCUT2D eigenvalue weighted by Gasteiger charge is -2.26. The van der Waals surface area contributed by atoms with Crippen LogP contribution in [0.4, 0.5) is 0 Å². The number of fused-ring (bicyclic) bond motifs is 3. The number of carboxylic acid groups (broad SMARTS) is 1. The van der Waals surface area contributed by atoms with Gasteiger partial charge in [-0.05, 0) is 65.0 Å². The number of hydrogen-bond donors (Lipinski definition) is 1. The van der Waals surface area contributed by atoms with E-state index in [0.717, 1.165) is 18.4 Å². The van der Waals surface area contributed by atoms with Gasteiger partial charge in [0.1, 0.15) is 4.49 Å². The number of carbonyl (C=O) groups is 1. The predicted octanol–water partition coefficient (Wildman–Crippen LogP) is 6.20. The van der Waals surface area contributed by atoms with E-state index in [2.05, 4.69) is 23.6 Å². The fraction of sp³-hybridized carbons (Fsp3) is 0.381. The maximum absolute atomic E-state index is 12.3. The zero-order valence-corrected chi connectivity index (χ0v) is 17.2. The molecule has 5 heteroatoms. The van der Waals surface area contributed by atoms with E-state index < -0.39 is 22.2 Å². The molecule has 0 amide bonds. The van der Waals surface area contributed by atoms with Gasteiger partial charge in [-0.2, -0.15) is 0 Å². The first-order valence-corrected chi connectivity index (χ1v) is 10.3. The Morgan fingerprint density at radius 3 is 2.54 bits per heavy atom. The Balaban J connectivity index is 2.02. The summed E-state index contributed by atoms with van der Waals surface area (Å²) < 4.78 is 0.119. The monoisotopic (exact) mass is 406 g/mol. The summed E-state index contributed by atoms with van der Waals surface area (Å²) in [7, 11) is 0. The van der Waals surface area contributed by atoms with Gasteiger partial charge in [0.15, 0.2) is 0 Å². The van der Waals surface area contributed by atoms with Crippen LogP contribution in [-0.2, 0) is 23.1 Å². The fourth-order valence-corrected chi connectivity index (χ4v) is 6.54. The van der Waals surface area contributed by atoms with Crippen LogP contribution >= 0.6 is 34.5 Å². The summed E-state index contributed by atoms with van der Waals surface area (Å²) in [6.07, 6.45) is 3.63. The van der Waals surface area contributed by atoms with Crippen molar-refractivity contribution in [3.63, 3.8) is 0 Å². The van der Waals surface area contributed by atoms with Crippen molar-refractivity contribution in [3.8, 4) is 10.4 Å². The van der Waals surface area contributed by atoms with Crippen molar-refractivity contribution in [3.05, 3.63) is 56.9 Å². The molecule has 1 fully saturated rings. The van der Waals surface area contributed by atoms with E-state index >= 15 is 0 Å². The Labute approximate surface area is 167 Å². The molecule has 26 heavy (non-hydrogen) atoms. The summed E-state index contributed by atoms with van der Waals surface area (Å²) in [6, 6.07) is 8.40. The van der Waals surface area contributed by atoms with Crippen molar-refractivity contribution in [2.75, 3.05) is 0 Å². The quantitative estimate of drug-likeness (QED) is 0.658. The van der Waals surface area contributed by atoms with Crippen molar-refractivity contribution in [1.29, 1.82) is 0 Å². The van der Waals surface area contributed by atoms with Gasteiger partial charge in [0.2, 0.25) is 0 Å². The van der Waals surface area contributed by atoms with Gasteiger partial charge in [0.05, 0.1) is 5.41 Å². The van der Waals surface area contributed by atoms with Crippen molar-refractivity contribution in [2.45, 2.75) is 39.0 Å². The Bertz CT molecular complexity index is 955. The Kier molecular flexibility index (Phi) is 3.90. The second-order valence-electron chi connectivity index (χ2n) is 7.90. The second-order valence-corrected chi connectivity index (χ2v) is 9.83. The normalized spacial score (nSPS) is 28.0. The van der Waals surface area contributed by atoms with Gasteiger partial charge in [-0.15, -0.1) is 11.3 Å². The average molecular weight is 407 g/mol. The molecule has 0 spiro atoms. The smallest absolute Gasteiger partial charge is 0.311 e. The van der Waals surface area contributed by atoms with Crippen LogP contribution in [0, 0.1) is 10.8 Å². The largest absolute Gasteiger partial charge is 0.481 e. The predicted molar refractivity (Wildman–Crippen MR) is 108 cm³/mol. The van der Waals surface area contributed by atoms with E-state index in [1.54, 1.807) is 24.3 Å². The van der Waals surface area contributed by atoms with Crippen LogP contribution in [0.5, 0.6) is 0 Å². The molecule has 1 saturated carbocycles. The van der Waals surface area contributed by atoms with Crippen LogP contribution in [0.3, 0.4) is 0 Å². The number of aryl methyl sites for hydroxylation is 1. The highest BCUT2D eigenvalue weighted by Gasteiger charge is 2.83. The van der Waals surface area contributed by atoms with Crippen molar-refractivity contribution in [1.82, 2.24) is 0 Å². The summed E-state index contributed by atoms with van der Waals surface area (Å²) in [5, 5.41) is 12.2. The molecule has 0 saturated heterocycles. The van der Waals surface area contributed by atoms with Gasteiger partial charge in [0, 0.05) is 10.3 Å². The highest BCUT2D eigenvalue weighted by molar-refractivity contribution is 7.13. The molecule has 1 N–H and O–H groups in total. The minimum Gasteiger partial charge on any atom is -0.481 e. The summed E-state index contributed by atoms with van der Waals surface area (Å²) in [6.45, 7) is 5.79. The fourth-order valence-electron chi connectivity index (χ4n) is 5.21. The lowest BCUT2D eigenvalue weighted by molar-refractivity contribution is -0.144. The molecule has 1 unspecified atom stereocenters. The molecule has 0 radical (unpaired) electrons. The number of allylic oxidation sites excluding steroid dienone is 1. The van der Waals surface area contributed by atoms with Crippen LogP contribution in [0.2, 0.25) is 0 Å². The van der Waals surface area contributed by atoms with Gasteiger partial charge in [0.25, 0.3) is 0 Å². The molecule has 0 bridgehead atoms. The summed E-state index contributed by atoms with van der Waals surface area (Å²) in [5.74, 6) is -0.821. The molecule has 0 aliphatic heterocycles. The molecule has 2 aliphatic carbocycles. The molecule has 1 aromatic heterocycles. The number of benzene rings is 1. The minimum atomic E-state index is -0.972. The lowest BCUT2D eigenvalue weighted by atomic mass is 9.78. The molecule has 4 rings (SSSR count). The zero-order chi connectivity index (χ0) is 18.9. The number of halogens is 2. The van der Waals surface area contributed by atoms with Gasteiger partial charge in [-0.25, -0.2) is 0 Å². The van der Waals surface area contributed by atoms with Crippen LogP contribution in [-0.4, -0.2) is 11.1 Å². The minimum absolute atomic E-state index is 0.119. The van der Waals surface area contributed by atoms with Gasteiger partial charge in [-0.1, -0.05) is 55.2 Å². The van der Waals surface area contributed by atoms with Crippen molar-refractivity contribution >= 4 is 40.5 Å². The van der Waals surface area contributed by atoms with E-state index in [4.69, 9.17) is 23.2 Å². The number of aliphatic carboxylic acids is 1. The molecule has 2 aromatic rings. The second kappa shape index (κ2) is 5.60. The number of rotatable bonds is 3. The summed E-state index contributed by atoms with van der Waals surface area (Å²) >= 11 is 13.9. The Morgan fingerprint density at radius 1 is 1.19 bits per heavy atom. The number of thiophene rings is 1. The topological polar surface area (TPSA) is 37.3 Å². The van der Waals surface area contributed by atoms with E-state index in [0.29, 0.717) is 0 Å². The Hall–Kier alpha value is -1.29. The molecule has 136 valence electrons. The summed E-state index contributed by atoms with van der Waals surface area (Å²) in [4.78, 5) is 13.6. The van der Waals surface area contributed by atoms with E-state index in [-0.39, 0.29) is 4.49 Å². The highest BCUT2D eigenvalue weighted by Crippen LogP contribution is 2.80. The van der Waals surface area contributed by atoms with Gasteiger partial charge < -0.3 is 5.11 Å². The third-order valence-corrected chi connectivity index (χ3v) is 8.16. The third kappa shape index (κ3) is 1.97. The van der Waals surface area contributed by atoms with Crippen molar-refractivity contribution in [2.24, 2.45) is 10.8 Å². The first-order valence-electron chi connectivity index (χ1n) is 8.65. The standard InChI is InChI=1S/C21H20Cl2O2S/c1-19(2)20(3,18(24)25)21(19,11-16(22)23)15-6-4-5-14-13(15)8-7-12-9-10-26-17(12)14/h4-6,9-11H,7-8H2,1-3H3,(H,24,25)/t20-,21?/m1/s1. The van der Waals surface area contributed by atoms with Crippen molar-refractivity contribution < 1.29 is 9.90 Å². The highest BCUT2D eigenvalue weighted by atomic mass is 35.5. The molecular weight excluding hydrogens is 387 g/mol. The van der Waals surface area contributed by atoms with Crippen LogP contribution in [0.15, 0.2) is 40.2 Å². The van der Waals surface area contributed by atoms with Crippen LogP contribution < -0.4 is 0 Å². The van der Waals surface area contributed by atoms with Crippen LogP contribution in [0.25, 0.3) is 10.4 Å². The molecule has 2 nitrogen and oxygen atoms in total. The molecular formula is C21H20Cl2O2S. The first kappa shape index (κ1) is 18.1. The molecule has 2 atom stereocenters. The number of carboxylic acids is 1. The average Bonchev–Trinajstić information content (AvgIpc) is 2.94. The zero-order valence-electron chi connectivity index (χ0n) is 14.9. The third-order valence-electron chi connectivity index (χ3n) is 6.95. The van der Waals surface area contributed by atoms with E-state index in [1.165, 1.54) is 21.6 Å². The molecule has 2 aliphatic rings. The SMILES string of the molecule is CC1(C)C(C=C(Cl)Cl)(c2cccc3c2CCc2ccsc2-3)[C@]1(C)C(=O)O. The molecule has 1 aromatic carbocycles. The molecule has 1 heterocycles. The van der Waals surface area contributed by atoms with Gasteiger partial charge in [-0.3, -0.25) is 4.79 Å². The van der Waals surface area contributed by atoms with E-state index in [9.17, 15) is 9.90 Å². The van der Waals surface area contributed by atoms with Gasteiger partial charge >= 0.3 is 5.97 Å². The Morgan fingerprint density at radius 2 is 1.92 bits per heavy atom. The first-order chi connectivity index (χ1) is 12.2.